The normalized spacial score (nSPS) is 13.3. The van der Waals surface area contributed by atoms with Gasteiger partial charge in [0.25, 0.3) is 5.91 Å². The van der Waals surface area contributed by atoms with Crippen LogP contribution in [0.2, 0.25) is 0 Å². The molecule has 2 aromatic carbocycles. The highest BCUT2D eigenvalue weighted by molar-refractivity contribution is 7.85. The average Bonchev–Trinajstić information content (AvgIpc) is 2.59. The van der Waals surface area contributed by atoms with Crippen molar-refractivity contribution in [3.63, 3.8) is 0 Å². The van der Waals surface area contributed by atoms with Gasteiger partial charge in [-0.3, -0.25) is 13.8 Å². The fraction of sp³-hybridized carbons (Fsp3) is 0.222. The van der Waals surface area contributed by atoms with Crippen LogP contribution in [0.4, 0.5) is 0 Å². The Balaban J connectivity index is 2.16. The molecular weight excluding hydrogens is 324 g/mol. The van der Waals surface area contributed by atoms with E-state index in [1.54, 1.807) is 48.5 Å². The van der Waals surface area contributed by atoms with Crippen LogP contribution >= 0.6 is 0 Å². The molecule has 126 valence electrons. The predicted octanol–water partition coefficient (Wildman–Crippen LogP) is 2.16. The summed E-state index contributed by atoms with van der Waals surface area (Å²) in [4.78, 5) is 24.7. The van der Waals surface area contributed by atoms with Crippen molar-refractivity contribution in [2.24, 2.45) is 5.73 Å². The maximum atomic E-state index is 12.4. The summed E-state index contributed by atoms with van der Waals surface area (Å²) < 4.78 is 12.0. The average molecular weight is 344 g/mol. The molecule has 6 heteroatoms. The molecule has 0 fully saturated rings. The van der Waals surface area contributed by atoms with Crippen LogP contribution in [0.25, 0.3) is 0 Å². The summed E-state index contributed by atoms with van der Waals surface area (Å²) in [6.07, 6.45) is 0. The number of carbonyl (C=O) groups is 2. The molecule has 0 unspecified atom stereocenters. The second-order valence-electron chi connectivity index (χ2n) is 5.59. The van der Waals surface area contributed by atoms with Crippen LogP contribution in [0.3, 0.4) is 0 Å². The van der Waals surface area contributed by atoms with E-state index in [-0.39, 0.29) is 5.25 Å². The minimum Gasteiger partial charge on any atom is -0.368 e. The standard InChI is InChI=1S/C18H20N2O3S/c1-12(2)24(23)15-10-8-14(9-11-15)18(22)20-16(17(19)21)13-6-4-3-5-7-13/h3-12,16H,1-2H3,(H2,19,21)(H,20,22)/t16-,24+/m0/s1. The molecule has 0 saturated heterocycles. The zero-order valence-corrected chi connectivity index (χ0v) is 14.4. The summed E-state index contributed by atoms with van der Waals surface area (Å²) in [7, 11) is -1.11. The molecule has 0 aliphatic heterocycles. The molecule has 3 N–H and O–H groups in total. The minimum absolute atomic E-state index is 0.00185. The van der Waals surface area contributed by atoms with E-state index in [2.05, 4.69) is 5.32 Å². The van der Waals surface area contributed by atoms with Crippen LogP contribution in [0.1, 0.15) is 35.8 Å². The molecule has 0 spiro atoms. The molecule has 2 atom stereocenters. The maximum Gasteiger partial charge on any atom is 0.252 e. The smallest absolute Gasteiger partial charge is 0.252 e. The lowest BCUT2D eigenvalue weighted by Gasteiger charge is -2.16. The first kappa shape index (κ1) is 17.9. The topological polar surface area (TPSA) is 89.3 Å². The van der Waals surface area contributed by atoms with Crippen molar-refractivity contribution in [3.8, 4) is 0 Å². The lowest BCUT2D eigenvalue weighted by atomic mass is 10.1. The Morgan fingerprint density at radius 3 is 2.08 bits per heavy atom. The fourth-order valence-electron chi connectivity index (χ4n) is 2.19. The maximum absolute atomic E-state index is 12.4. The first-order chi connectivity index (χ1) is 11.4. The summed E-state index contributed by atoms with van der Waals surface area (Å²) in [5.41, 5.74) is 6.40. The molecule has 2 aromatic rings. The van der Waals surface area contributed by atoms with Crippen LogP contribution < -0.4 is 11.1 Å². The van der Waals surface area contributed by atoms with E-state index < -0.39 is 28.7 Å². The van der Waals surface area contributed by atoms with Crippen molar-refractivity contribution in [1.82, 2.24) is 5.32 Å². The van der Waals surface area contributed by atoms with Crippen LogP contribution in [-0.2, 0) is 15.6 Å². The molecule has 0 saturated carbocycles. The van der Waals surface area contributed by atoms with Gasteiger partial charge in [-0.1, -0.05) is 44.2 Å². The van der Waals surface area contributed by atoms with Gasteiger partial charge in [0.05, 0.1) is 10.8 Å². The predicted molar refractivity (Wildman–Crippen MR) is 93.8 cm³/mol. The Labute approximate surface area is 143 Å². The van der Waals surface area contributed by atoms with Gasteiger partial charge in [0.2, 0.25) is 5.91 Å². The van der Waals surface area contributed by atoms with Gasteiger partial charge in [-0.25, -0.2) is 0 Å². The first-order valence-electron chi connectivity index (χ1n) is 7.56. The number of amides is 2. The van der Waals surface area contributed by atoms with E-state index in [4.69, 9.17) is 5.73 Å². The molecule has 0 aromatic heterocycles. The van der Waals surface area contributed by atoms with Crippen LogP contribution in [0, 0.1) is 0 Å². The highest BCUT2D eigenvalue weighted by Gasteiger charge is 2.21. The highest BCUT2D eigenvalue weighted by Crippen LogP contribution is 2.15. The first-order valence-corrected chi connectivity index (χ1v) is 8.77. The zero-order chi connectivity index (χ0) is 17.7. The molecule has 0 aliphatic rings. The summed E-state index contributed by atoms with van der Waals surface area (Å²) in [5.74, 6) is -1.04. The monoisotopic (exact) mass is 344 g/mol. The molecule has 0 heterocycles. The van der Waals surface area contributed by atoms with Gasteiger partial charge in [0.15, 0.2) is 0 Å². The van der Waals surface area contributed by atoms with Crippen molar-refractivity contribution >= 4 is 22.6 Å². The molecular formula is C18H20N2O3S. The van der Waals surface area contributed by atoms with E-state index in [1.165, 1.54) is 0 Å². The van der Waals surface area contributed by atoms with Crippen LogP contribution in [0.5, 0.6) is 0 Å². The van der Waals surface area contributed by atoms with Crippen molar-refractivity contribution < 1.29 is 13.8 Å². The van der Waals surface area contributed by atoms with E-state index >= 15 is 0 Å². The van der Waals surface area contributed by atoms with Crippen molar-refractivity contribution in [3.05, 3.63) is 65.7 Å². The second-order valence-corrected chi connectivity index (χ2v) is 7.60. The molecule has 0 aliphatic carbocycles. The largest absolute Gasteiger partial charge is 0.368 e. The number of benzene rings is 2. The SMILES string of the molecule is CC(C)[S@@](=O)c1ccc(C(=O)N[C@H](C(N)=O)c2ccccc2)cc1. The van der Waals surface area contributed by atoms with Gasteiger partial charge in [0, 0.05) is 15.7 Å². The number of hydrogen-bond acceptors (Lipinski definition) is 3. The summed E-state index contributed by atoms with van der Waals surface area (Å²) in [5, 5.41) is 2.63. The number of hydrogen-bond donors (Lipinski definition) is 2. The van der Waals surface area contributed by atoms with Crippen molar-refractivity contribution in [1.29, 1.82) is 0 Å². The Morgan fingerprint density at radius 2 is 1.58 bits per heavy atom. The van der Waals surface area contributed by atoms with Crippen LogP contribution in [0.15, 0.2) is 59.5 Å². The number of nitrogens with two attached hydrogens (primary N) is 1. The number of rotatable bonds is 6. The molecule has 0 radical (unpaired) electrons. The van der Waals surface area contributed by atoms with E-state index in [9.17, 15) is 13.8 Å². The van der Waals surface area contributed by atoms with Gasteiger partial charge >= 0.3 is 0 Å². The number of primary amides is 1. The molecule has 24 heavy (non-hydrogen) atoms. The quantitative estimate of drug-likeness (QED) is 0.841. The third-order valence-electron chi connectivity index (χ3n) is 3.47. The van der Waals surface area contributed by atoms with Crippen molar-refractivity contribution in [2.75, 3.05) is 0 Å². The fourth-order valence-corrected chi connectivity index (χ4v) is 3.14. The van der Waals surface area contributed by atoms with E-state index in [1.807, 2.05) is 19.9 Å². The van der Waals surface area contributed by atoms with Crippen LogP contribution in [-0.4, -0.2) is 21.3 Å². The molecule has 0 bridgehead atoms. The summed E-state index contributed by atoms with van der Waals surface area (Å²) >= 11 is 0. The molecule has 5 nitrogen and oxygen atoms in total. The number of nitrogens with one attached hydrogen (secondary N) is 1. The highest BCUT2D eigenvalue weighted by atomic mass is 32.2. The van der Waals surface area contributed by atoms with Gasteiger partial charge in [-0.2, -0.15) is 0 Å². The second kappa shape index (κ2) is 7.88. The Morgan fingerprint density at radius 1 is 1.00 bits per heavy atom. The van der Waals surface area contributed by atoms with Gasteiger partial charge in [-0.05, 0) is 29.8 Å². The summed E-state index contributed by atoms with van der Waals surface area (Å²) in [6, 6.07) is 14.4. The van der Waals surface area contributed by atoms with Crippen molar-refractivity contribution in [2.45, 2.75) is 30.0 Å². The van der Waals surface area contributed by atoms with Gasteiger partial charge < -0.3 is 11.1 Å². The van der Waals surface area contributed by atoms with E-state index in [0.717, 1.165) is 0 Å². The van der Waals surface area contributed by atoms with Gasteiger partial charge in [0.1, 0.15) is 6.04 Å². The lowest BCUT2D eigenvalue weighted by molar-refractivity contribution is -0.120. The number of carbonyl (C=O) groups excluding carboxylic acids is 2. The Bertz CT molecular complexity index is 743. The molecule has 2 amide bonds. The minimum atomic E-state index is -1.11. The third kappa shape index (κ3) is 4.29. The summed E-state index contributed by atoms with van der Waals surface area (Å²) in [6.45, 7) is 3.74. The lowest BCUT2D eigenvalue weighted by Crippen LogP contribution is -2.37. The Kier molecular flexibility index (Phi) is 5.87. The van der Waals surface area contributed by atoms with Gasteiger partial charge in [-0.15, -0.1) is 0 Å². The third-order valence-corrected chi connectivity index (χ3v) is 5.06. The zero-order valence-electron chi connectivity index (χ0n) is 13.6. The Hall–Kier alpha value is -2.47. The van der Waals surface area contributed by atoms with E-state index in [0.29, 0.717) is 16.0 Å². The molecule has 2 rings (SSSR count).